The number of ether oxygens (including phenoxy) is 1. The maximum atomic E-state index is 13.7. The Hall–Kier alpha value is -4.34. The normalized spacial score (nSPS) is 11.4. The third-order valence-electron chi connectivity index (χ3n) is 5.11. The van der Waals surface area contributed by atoms with Crippen LogP contribution >= 0.6 is 0 Å². The van der Waals surface area contributed by atoms with Gasteiger partial charge in [0, 0.05) is 48.6 Å². The van der Waals surface area contributed by atoms with E-state index in [1.807, 2.05) is 0 Å². The monoisotopic (exact) mass is 464 g/mol. The molecule has 1 aromatic carbocycles. The van der Waals surface area contributed by atoms with Crippen molar-refractivity contribution in [1.82, 2.24) is 14.5 Å². The highest BCUT2D eigenvalue weighted by Gasteiger charge is 2.16. The quantitative estimate of drug-likeness (QED) is 0.319. The number of benzene rings is 1. The van der Waals surface area contributed by atoms with Crippen molar-refractivity contribution in [2.75, 3.05) is 31.8 Å². The van der Waals surface area contributed by atoms with Gasteiger partial charge in [-0.2, -0.15) is 4.98 Å². The van der Waals surface area contributed by atoms with Gasteiger partial charge in [-0.3, -0.25) is 14.4 Å². The molecule has 0 aliphatic carbocycles. The highest BCUT2D eigenvalue weighted by molar-refractivity contribution is 5.90. The first-order chi connectivity index (χ1) is 16.4. The lowest BCUT2D eigenvalue weighted by Crippen LogP contribution is -2.22. The standard InChI is InChI=1S/C24H22F2N6O2/c1-28-11-16-9-14(3-6-19(16)27)18-10-15-4-8-22(34-13-20(25)26)31-23(15)32(24(18)33)17-5-7-21(29-2)30-12-17/h3-12,20H,13,27H2,1-2H3,(H,29,30). The number of nitrogen functional groups attached to an aromatic ring is 1. The molecule has 174 valence electrons. The van der Waals surface area contributed by atoms with Crippen molar-refractivity contribution in [3.05, 3.63) is 70.6 Å². The number of aliphatic imine (C=N–C) groups is 1. The SMILES string of the molecule is CN=Cc1cc(-c2cc3ccc(OCC(F)F)nc3n(-c3ccc(NC)nc3)c2=O)ccc1N. The maximum Gasteiger partial charge on any atom is 0.272 e. The minimum absolute atomic E-state index is 0.0116. The molecule has 0 spiro atoms. The van der Waals surface area contributed by atoms with E-state index in [0.717, 1.165) is 0 Å². The van der Waals surface area contributed by atoms with Crippen LogP contribution in [0, 0.1) is 0 Å². The number of nitrogens with zero attached hydrogens (tertiary/aromatic N) is 4. The molecule has 0 unspecified atom stereocenters. The first kappa shape index (κ1) is 22.8. The van der Waals surface area contributed by atoms with E-state index in [9.17, 15) is 13.6 Å². The Morgan fingerprint density at radius 3 is 2.71 bits per heavy atom. The van der Waals surface area contributed by atoms with Gasteiger partial charge in [0.15, 0.2) is 12.3 Å². The highest BCUT2D eigenvalue weighted by atomic mass is 19.3. The number of nitrogens with one attached hydrogen (secondary N) is 1. The minimum atomic E-state index is -2.65. The lowest BCUT2D eigenvalue weighted by Gasteiger charge is -2.14. The summed E-state index contributed by atoms with van der Waals surface area (Å²) in [5.74, 6) is 0.607. The van der Waals surface area contributed by atoms with Gasteiger partial charge in [0.1, 0.15) is 5.82 Å². The van der Waals surface area contributed by atoms with Crippen molar-refractivity contribution in [1.29, 1.82) is 0 Å². The number of anilines is 2. The van der Waals surface area contributed by atoms with Gasteiger partial charge >= 0.3 is 0 Å². The van der Waals surface area contributed by atoms with Crippen LogP contribution in [-0.4, -0.2) is 47.9 Å². The molecule has 0 amide bonds. The molecule has 0 radical (unpaired) electrons. The molecular formula is C24H22F2N6O2. The summed E-state index contributed by atoms with van der Waals surface area (Å²) in [6, 6.07) is 13.5. The molecule has 34 heavy (non-hydrogen) atoms. The second-order valence-electron chi connectivity index (χ2n) is 7.35. The lowest BCUT2D eigenvalue weighted by atomic mass is 10.0. The predicted octanol–water partition coefficient (Wildman–Crippen LogP) is 3.76. The van der Waals surface area contributed by atoms with Crippen LogP contribution in [-0.2, 0) is 0 Å². The molecule has 0 aliphatic heterocycles. The van der Waals surface area contributed by atoms with Crippen molar-refractivity contribution < 1.29 is 13.5 Å². The van der Waals surface area contributed by atoms with Crippen LogP contribution in [0.25, 0.3) is 27.8 Å². The van der Waals surface area contributed by atoms with Crippen molar-refractivity contribution in [3.63, 3.8) is 0 Å². The van der Waals surface area contributed by atoms with Crippen molar-refractivity contribution in [2.24, 2.45) is 4.99 Å². The van der Waals surface area contributed by atoms with Crippen LogP contribution in [0.1, 0.15) is 5.56 Å². The Morgan fingerprint density at radius 1 is 1.21 bits per heavy atom. The number of fused-ring (bicyclic) bond motifs is 1. The van der Waals surface area contributed by atoms with Crippen LogP contribution in [0.3, 0.4) is 0 Å². The van der Waals surface area contributed by atoms with Gasteiger partial charge in [-0.1, -0.05) is 6.07 Å². The zero-order chi connectivity index (χ0) is 24.2. The van der Waals surface area contributed by atoms with E-state index in [-0.39, 0.29) is 17.1 Å². The molecule has 10 heteroatoms. The van der Waals surface area contributed by atoms with E-state index < -0.39 is 13.0 Å². The average Bonchev–Trinajstić information content (AvgIpc) is 2.84. The van der Waals surface area contributed by atoms with Crippen LogP contribution in [0.2, 0.25) is 0 Å². The fourth-order valence-electron chi connectivity index (χ4n) is 3.50. The molecular weight excluding hydrogens is 442 g/mol. The number of alkyl halides is 2. The number of nitrogens with two attached hydrogens (primary N) is 1. The Morgan fingerprint density at radius 2 is 2.03 bits per heavy atom. The second kappa shape index (κ2) is 9.65. The molecule has 0 bridgehead atoms. The fourth-order valence-corrected chi connectivity index (χ4v) is 3.50. The summed E-state index contributed by atoms with van der Waals surface area (Å²) in [6.07, 6.45) is 0.502. The minimum Gasteiger partial charge on any atom is -0.472 e. The van der Waals surface area contributed by atoms with Gasteiger partial charge in [-0.05, 0) is 42.0 Å². The molecule has 0 atom stereocenters. The van der Waals surface area contributed by atoms with E-state index in [2.05, 4.69) is 20.3 Å². The molecule has 0 fully saturated rings. The summed E-state index contributed by atoms with van der Waals surface area (Å²) in [5.41, 5.74) is 8.63. The Kier molecular flexibility index (Phi) is 6.48. The number of pyridine rings is 3. The molecule has 0 saturated heterocycles. The molecule has 3 N–H and O–H groups in total. The molecule has 0 aliphatic rings. The van der Waals surface area contributed by atoms with Crippen LogP contribution in [0.4, 0.5) is 20.3 Å². The number of hydrogen-bond acceptors (Lipinski definition) is 7. The lowest BCUT2D eigenvalue weighted by molar-refractivity contribution is 0.0797. The van der Waals surface area contributed by atoms with Crippen molar-refractivity contribution in [3.8, 4) is 22.7 Å². The van der Waals surface area contributed by atoms with Gasteiger partial charge in [-0.25, -0.2) is 13.8 Å². The van der Waals surface area contributed by atoms with Gasteiger partial charge in [0.05, 0.1) is 11.9 Å². The van der Waals surface area contributed by atoms with Crippen LogP contribution < -0.4 is 21.3 Å². The Balaban J connectivity index is 1.97. The smallest absolute Gasteiger partial charge is 0.272 e. The molecule has 3 heterocycles. The third kappa shape index (κ3) is 4.56. The zero-order valence-electron chi connectivity index (χ0n) is 18.5. The van der Waals surface area contributed by atoms with Gasteiger partial charge in [0.2, 0.25) is 5.88 Å². The number of halogens is 2. The Labute approximate surface area is 193 Å². The fraction of sp³-hybridized carbons (Fsp3) is 0.167. The summed E-state index contributed by atoms with van der Waals surface area (Å²) in [7, 11) is 3.37. The predicted molar refractivity (Wildman–Crippen MR) is 130 cm³/mol. The third-order valence-corrected chi connectivity index (χ3v) is 5.11. The summed E-state index contributed by atoms with van der Waals surface area (Å²) in [6.45, 7) is -0.799. The van der Waals surface area contributed by atoms with Gasteiger partial charge in [-0.15, -0.1) is 0 Å². The topological polar surface area (TPSA) is 107 Å². The molecule has 4 rings (SSSR count). The van der Waals surface area contributed by atoms with E-state index in [1.165, 1.54) is 16.8 Å². The van der Waals surface area contributed by atoms with Gasteiger partial charge < -0.3 is 15.8 Å². The van der Waals surface area contributed by atoms with E-state index in [1.54, 1.807) is 62.8 Å². The maximum absolute atomic E-state index is 13.7. The Bertz CT molecular complexity index is 1420. The highest BCUT2D eigenvalue weighted by Crippen LogP contribution is 2.26. The zero-order valence-corrected chi connectivity index (χ0v) is 18.5. The average molecular weight is 464 g/mol. The number of aromatic nitrogens is 3. The molecule has 8 nitrogen and oxygen atoms in total. The molecule has 4 aromatic rings. The number of rotatable bonds is 7. The second-order valence-corrected chi connectivity index (χ2v) is 7.35. The van der Waals surface area contributed by atoms with Crippen molar-refractivity contribution >= 4 is 28.8 Å². The summed E-state index contributed by atoms with van der Waals surface area (Å²) >= 11 is 0. The van der Waals surface area contributed by atoms with E-state index in [0.29, 0.717) is 39.3 Å². The summed E-state index contributed by atoms with van der Waals surface area (Å²) in [4.78, 5) is 26.4. The molecule has 0 saturated carbocycles. The summed E-state index contributed by atoms with van der Waals surface area (Å²) in [5, 5.41) is 3.54. The first-order valence-corrected chi connectivity index (χ1v) is 10.3. The van der Waals surface area contributed by atoms with Crippen LogP contribution in [0.5, 0.6) is 5.88 Å². The van der Waals surface area contributed by atoms with Crippen molar-refractivity contribution in [2.45, 2.75) is 6.43 Å². The molecule has 3 aromatic heterocycles. The number of hydrogen-bond donors (Lipinski definition) is 2. The first-order valence-electron chi connectivity index (χ1n) is 10.3. The summed E-state index contributed by atoms with van der Waals surface area (Å²) < 4.78 is 31.7. The van der Waals surface area contributed by atoms with E-state index in [4.69, 9.17) is 10.5 Å². The van der Waals surface area contributed by atoms with Gasteiger partial charge in [0.25, 0.3) is 12.0 Å². The largest absolute Gasteiger partial charge is 0.472 e. The van der Waals surface area contributed by atoms with E-state index >= 15 is 0 Å². The van der Waals surface area contributed by atoms with Crippen LogP contribution in [0.15, 0.2) is 64.5 Å².